The summed E-state index contributed by atoms with van der Waals surface area (Å²) in [6.07, 6.45) is 5.74. The first-order valence-electron chi connectivity index (χ1n) is 9.82. The molecule has 2 aliphatic rings. The Morgan fingerprint density at radius 2 is 2.07 bits per heavy atom. The number of methoxy groups -OCH3 is 2. The number of anilines is 1. The molecule has 0 N–H and O–H groups in total. The van der Waals surface area contributed by atoms with E-state index in [2.05, 4.69) is 4.98 Å². The van der Waals surface area contributed by atoms with Crippen LogP contribution in [0.15, 0.2) is 42.7 Å². The topological polar surface area (TPSA) is 72.0 Å². The average molecular weight is 395 g/mol. The van der Waals surface area contributed by atoms with Crippen molar-refractivity contribution >= 4 is 17.5 Å². The SMILES string of the molecule is COc1ccc(OC)c(N2C[C@@H](C(=O)N(Cc3cccnc3)C3CC3)CC2=O)c1. The Labute approximate surface area is 170 Å². The molecule has 0 spiro atoms. The highest BCUT2D eigenvalue weighted by atomic mass is 16.5. The van der Waals surface area contributed by atoms with Gasteiger partial charge in [-0.25, -0.2) is 0 Å². The molecule has 0 radical (unpaired) electrons. The normalized spacial score (nSPS) is 18.6. The van der Waals surface area contributed by atoms with Gasteiger partial charge in [0.05, 0.1) is 25.8 Å². The number of hydrogen-bond acceptors (Lipinski definition) is 5. The Morgan fingerprint density at radius 1 is 1.24 bits per heavy atom. The van der Waals surface area contributed by atoms with E-state index in [0.717, 1.165) is 18.4 Å². The van der Waals surface area contributed by atoms with Crippen LogP contribution in [0.1, 0.15) is 24.8 Å². The summed E-state index contributed by atoms with van der Waals surface area (Å²) in [7, 11) is 3.15. The van der Waals surface area contributed by atoms with Crippen LogP contribution in [0.25, 0.3) is 0 Å². The Bertz CT molecular complexity index is 898. The van der Waals surface area contributed by atoms with Gasteiger partial charge < -0.3 is 19.3 Å². The van der Waals surface area contributed by atoms with Crippen LogP contribution in [0.2, 0.25) is 0 Å². The lowest BCUT2D eigenvalue weighted by Crippen LogP contribution is -2.38. The lowest BCUT2D eigenvalue weighted by Gasteiger charge is -2.26. The minimum Gasteiger partial charge on any atom is -0.497 e. The maximum atomic E-state index is 13.3. The molecule has 2 aromatic rings. The second-order valence-electron chi connectivity index (χ2n) is 7.50. The summed E-state index contributed by atoms with van der Waals surface area (Å²) in [5.41, 5.74) is 1.64. The molecule has 7 nitrogen and oxygen atoms in total. The minimum atomic E-state index is -0.365. The van der Waals surface area contributed by atoms with E-state index < -0.39 is 0 Å². The predicted octanol–water partition coefficient (Wildman–Crippen LogP) is 2.64. The number of hydrogen-bond donors (Lipinski definition) is 0. The molecule has 1 aromatic heterocycles. The van der Waals surface area contributed by atoms with Gasteiger partial charge in [-0.1, -0.05) is 6.07 Å². The van der Waals surface area contributed by atoms with Gasteiger partial charge >= 0.3 is 0 Å². The second kappa shape index (κ2) is 8.11. The van der Waals surface area contributed by atoms with Gasteiger partial charge in [0.2, 0.25) is 11.8 Å². The Hall–Kier alpha value is -3.09. The fourth-order valence-electron chi connectivity index (χ4n) is 3.81. The van der Waals surface area contributed by atoms with Gasteiger partial charge in [-0.3, -0.25) is 14.6 Å². The van der Waals surface area contributed by atoms with Crippen LogP contribution in [0.3, 0.4) is 0 Å². The summed E-state index contributed by atoms with van der Waals surface area (Å²) < 4.78 is 10.7. The monoisotopic (exact) mass is 395 g/mol. The van der Waals surface area contributed by atoms with Gasteiger partial charge in [-0.15, -0.1) is 0 Å². The lowest BCUT2D eigenvalue weighted by atomic mass is 10.1. The van der Waals surface area contributed by atoms with Gasteiger partial charge in [0.1, 0.15) is 11.5 Å². The van der Waals surface area contributed by atoms with E-state index in [4.69, 9.17) is 9.47 Å². The molecule has 4 rings (SSSR count). The maximum Gasteiger partial charge on any atom is 0.228 e. The molecule has 2 amide bonds. The van der Waals surface area contributed by atoms with Gasteiger partial charge in [-0.05, 0) is 36.6 Å². The molecule has 1 saturated carbocycles. The molecule has 0 bridgehead atoms. The maximum absolute atomic E-state index is 13.3. The van der Waals surface area contributed by atoms with Crippen molar-refractivity contribution in [3.05, 3.63) is 48.3 Å². The standard InChI is InChI=1S/C22H25N3O4/c1-28-18-7-8-20(29-2)19(11-18)25-14-16(10-21(25)26)22(27)24(17-5-6-17)13-15-4-3-9-23-12-15/h3-4,7-9,11-12,16-17H,5-6,10,13-14H2,1-2H3/t16-/m0/s1. The number of nitrogens with zero attached hydrogens (tertiary/aromatic N) is 3. The summed E-state index contributed by atoms with van der Waals surface area (Å²) in [4.78, 5) is 33.8. The minimum absolute atomic E-state index is 0.0362. The number of amides is 2. The van der Waals surface area contributed by atoms with Crippen LogP contribution in [0.5, 0.6) is 11.5 Å². The third-order valence-electron chi connectivity index (χ3n) is 5.50. The van der Waals surface area contributed by atoms with E-state index in [9.17, 15) is 9.59 Å². The number of carbonyl (C=O) groups is 2. The number of carbonyl (C=O) groups excluding carboxylic acids is 2. The first-order chi connectivity index (χ1) is 14.1. The predicted molar refractivity (Wildman–Crippen MR) is 108 cm³/mol. The molecule has 29 heavy (non-hydrogen) atoms. The molecular weight excluding hydrogens is 370 g/mol. The van der Waals surface area contributed by atoms with Crippen molar-refractivity contribution in [1.82, 2.24) is 9.88 Å². The number of rotatable bonds is 7. The first kappa shape index (κ1) is 19.2. The van der Waals surface area contributed by atoms with Crippen LogP contribution in [-0.4, -0.2) is 48.5 Å². The quantitative estimate of drug-likeness (QED) is 0.721. The van der Waals surface area contributed by atoms with E-state index in [-0.39, 0.29) is 30.2 Å². The van der Waals surface area contributed by atoms with E-state index in [1.807, 2.05) is 17.0 Å². The fourth-order valence-corrected chi connectivity index (χ4v) is 3.81. The average Bonchev–Trinajstić information content (AvgIpc) is 3.53. The van der Waals surface area contributed by atoms with E-state index >= 15 is 0 Å². The van der Waals surface area contributed by atoms with E-state index in [0.29, 0.717) is 30.3 Å². The summed E-state index contributed by atoms with van der Waals surface area (Å²) in [5.74, 6) is 0.818. The number of aromatic nitrogens is 1. The molecule has 1 aliphatic heterocycles. The summed E-state index contributed by atoms with van der Waals surface area (Å²) in [5, 5.41) is 0. The number of pyridine rings is 1. The van der Waals surface area contributed by atoms with Crippen LogP contribution in [0.4, 0.5) is 5.69 Å². The Morgan fingerprint density at radius 3 is 2.72 bits per heavy atom. The molecule has 2 fully saturated rings. The molecule has 1 aromatic carbocycles. The Balaban J connectivity index is 1.53. The lowest BCUT2D eigenvalue weighted by molar-refractivity contribution is -0.137. The van der Waals surface area contributed by atoms with E-state index in [1.54, 1.807) is 49.7 Å². The zero-order valence-corrected chi connectivity index (χ0v) is 16.7. The van der Waals surface area contributed by atoms with Crippen molar-refractivity contribution in [2.24, 2.45) is 5.92 Å². The molecule has 152 valence electrons. The first-order valence-corrected chi connectivity index (χ1v) is 9.82. The zero-order chi connectivity index (χ0) is 20.4. The van der Waals surface area contributed by atoms with Gasteiger partial charge in [0, 0.05) is 44.0 Å². The van der Waals surface area contributed by atoms with Crippen LogP contribution in [0, 0.1) is 5.92 Å². The van der Waals surface area contributed by atoms with Crippen LogP contribution in [-0.2, 0) is 16.1 Å². The number of benzene rings is 1. The van der Waals surface area contributed by atoms with Crippen molar-refractivity contribution in [2.75, 3.05) is 25.7 Å². The van der Waals surface area contributed by atoms with Crippen molar-refractivity contribution < 1.29 is 19.1 Å². The summed E-state index contributed by atoms with van der Waals surface area (Å²) in [6, 6.07) is 9.45. The Kier molecular flexibility index (Phi) is 5.38. The number of ether oxygens (including phenoxy) is 2. The molecule has 0 unspecified atom stereocenters. The summed E-state index contributed by atoms with van der Waals surface area (Å²) >= 11 is 0. The van der Waals surface area contributed by atoms with Crippen molar-refractivity contribution in [3.63, 3.8) is 0 Å². The van der Waals surface area contributed by atoms with Crippen LogP contribution < -0.4 is 14.4 Å². The van der Waals surface area contributed by atoms with E-state index in [1.165, 1.54) is 0 Å². The van der Waals surface area contributed by atoms with Gasteiger partial charge in [-0.2, -0.15) is 0 Å². The highest BCUT2D eigenvalue weighted by Gasteiger charge is 2.42. The summed E-state index contributed by atoms with van der Waals surface area (Å²) in [6.45, 7) is 0.877. The smallest absolute Gasteiger partial charge is 0.228 e. The molecule has 1 aliphatic carbocycles. The van der Waals surface area contributed by atoms with Crippen LogP contribution >= 0.6 is 0 Å². The largest absolute Gasteiger partial charge is 0.497 e. The molecule has 1 saturated heterocycles. The highest BCUT2D eigenvalue weighted by molar-refractivity contribution is 6.01. The molecule has 2 heterocycles. The zero-order valence-electron chi connectivity index (χ0n) is 16.7. The van der Waals surface area contributed by atoms with Gasteiger partial charge in [0.25, 0.3) is 0 Å². The third kappa shape index (κ3) is 4.04. The van der Waals surface area contributed by atoms with Crippen molar-refractivity contribution in [2.45, 2.75) is 31.8 Å². The molecule has 1 atom stereocenters. The highest BCUT2D eigenvalue weighted by Crippen LogP contribution is 2.37. The van der Waals surface area contributed by atoms with Crippen molar-refractivity contribution in [3.8, 4) is 11.5 Å². The van der Waals surface area contributed by atoms with Crippen molar-refractivity contribution in [1.29, 1.82) is 0 Å². The molecular formula is C22H25N3O4. The molecule has 7 heteroatoms. The second-order valence-corrected chi connectivity index (χ2v) is 7.50. The fraction of sp³-hybridized carbons (Fsp3) is 0.409. The third-order valence-corrected chi connectivity index (χ3v) is 5.50. The van der Waals surface area contributed by atoms with Gasteiger partial charge in [0.15, 0.2) is 0 Å².